The predicted molar refractivity (Wildman–Crippen MR) is 188 cm³/mol. The van der Waals surface area contributed by atoms with Gasteiger partial charge in [0.05, 0.1) is 32.0 Å². The summed E-state index contributed by atoms with van der Waals surface area (Å²) in [4.78, 5) is 34.6. The van der Waals surface area contributed by atoms with Crippen LogP contribution in [0.1, 0.15) is 51.6 Å². The molecular formula is C38H40Cl2N3O6+. The average molecular weight is 706 g/mol. The summed E-state index contributed by atoms with van der Waals surface area (Å²) in [6.07, 6.45) is 4.23. The summed E-state index contributed by atoms with van der Waals surface area (Å²) in [5, 5.41) is 0.829. The molecule has 3 aliphatic heterocycles. The SMILES string of the molecule is COc1ccc([C@H](Cc2c(Cl)c[nH+]cc2Cl)OC(=O)c2cccc(CN(C(=O)O[C@H]3CN4CCC3CC4)c3ccccc3C)c2)cc1OC. The van der Waals surface area contributed by atoms with Gasteiger partial charge in [-0.3, -0.25) is 9.80 Å². The normalized spacial score (nSPS) is 18.8. The number of carbonyl (C=O) groups excluding carboxylic acids is 2. The number of rotatable bonds is 11. The van der Waals surface area contributed by atoms with E-state index in [4.69, 9.17) is 42.1 Å². The number of aromatic amines is 1. The highest BCUT2D eigenvalue weighted by Crippen LogP contribution is 2.36. The first kappa shape index (κ1) is 34.5. The number of fused-ring (bicyclic) bond motifs is 3. The Labute approximate surface area is 296 Å². The van der Waals surface area contributed by atoms with Crippen molar-refractivity contribution >= 4 is 41.0 Å². The highest BCUT2D eigenvalue weighted by Gasteiger charge is 2.37. The number of anilines is 1. The number of piperidine rings is 3. The van der Waals surface area contributed by atoms with Crippen molar-refractivity contribution in [1.29, 1.82) is 0 Å². The van der Waals surface area contributed by atoms with E-state index in [2.05, 4.69) is 9.88 Å². The molecule has 0 spiro atoms. The summed E-state index contributed by atoms with van der Waals surface area (Å²) in [5.41, 5.74) is 4.07. The standard InChI is InChI=1S/C38H39Cl2N3O6/c1-24-7-4-5-10-32(24)43(38(45)49-36-23-42-15-13-26(36)14-16-42)22-25-8-6-9-28(17-25)37(44)48-34(19-29-30(39)20-41-21-31(29)40)27-11-12-33(46-2)35(18-27)47-3/h4-12,17-18,20-21,26,34,36H,13-16,19,22-23H2,1-3H3/p+1/t34-,36-/m0/s1. The first-order valence-electron chi connectivity index (χ1n) is 16.4. The zero-order valence-electron chi connectivity index (χ0n) is 27.8. The van der Waals surface area contributed by atoms with Gasteiger partial charge in [-0.2, -0.15) is 0 Å². The summed E-state index contributed by atoms with van der Waals surface area (Å²) in [7, 11) is 3.10. The van der Waals surface area contributed by atoms with E-state index in [0.717, 1.165) is 49.3 Å². The molecule has 4 aromatic rings. The molecule has 0 radical (unpaired) electrons. The molecule has 0 saturated carbocycles. The number of halogens is 2. The van der Waals surface area contributed by atoms with Gasteiger partial charge in [-0.25, -0.2) is 14.6 Å². The number of hydrogen-bond donors (Lipinski definition) is 0. The molecule has 1 amide bonds. The number of hydrogen-bond acceptors (Lipinski definition) is 7. The van der Waals surface area contributed by atoms with Gasteiger partial charge < -0.3 is 18.9 Å². The van der Waals surface area contributed by atoms with Crippen LogP contribution in [-0.4, -0.2) is 56.9 Å². The molecule has 0 aliphatic carbocycles. The molecule has 3 aliphatic rings. The number of nitrogens with one attached hydrogen (secondary N) is 1. The maximum atomic E-state index is 13.8. The Morgan fingerprint density at radius 3 is 2.35 bits per heavy atom. The predicted octanol–water partition coefficient (Wildman–Crippen LogP) is 7.51. The number of aromatic nitrogens is 1. The quantitative estimate of drug-likeness (QED) is 0.149. The number of methoxy groups -OCH3 is 2. The lowest BCUT2D eigenvalue weighted by molar-refractivity contribution is -0.377. The zero-order chi connectivity index (χ0) is 34.5. The maximum Gasteiger partial charge on any atom is 0.414 e. The minimum Gasteiger partial charge on any atom is -0.493 e. The number of ether oxygens (including phenoxy) is 4. The Balaban J connectivity index is 1.26. The molecule has 1 N–H and O–H groups in total. The molecule has 9 nitrogen and oxygen atoms in total. The van der Waals surface area contributed by atoms with Gasteiger partial charge in [0, 0.05) is 18.5 Å². The Kier molecular flexibility index (Phi) is 10.9. The highest BCUT2D eigenvalue weighted by atomic mass is 35.5. The fourth-order valence-electron chi connectivity index (χ4n) is 6.67. The van der Waals surface area contributed by atoms with Crippen LogP contribution in [0, 0.1) is 12.8 Å². The van der Waals surface area contributed by atoms with Crippen molar-refractivity contribution in [2.75, 3.05) is 38.8 Å². The third kappa shape index (κ3) is 7.96. The number of benzene rings is 3. The first-order valence-corrected chi connectivity index (χ1v) is 17.1. The average Bonchev–Trinajstić information content (AvgIpc) is 3.12. The van der Waals surface area contributed by atoms with Crippen LogP contribution in [0.2, 0.25) is 10.0 Å². The van der Waals surface area contributed by atoms with Gasteiger partial charge in [0.1, 0.15) is 22.3 Å². The van der Waals surface area contributed by atoms with E-state index in [-0.39, 0.29) is 19.1 Å². The highest BCUT2D eigenvalue weighted by molar-refractivity contribution is 6.35. The van der Waals surface area contributed by atoms with Crippen LogP contribution in [0.15, 0.2) is 79.1 Å². The second kappa shape index (κ2) is 15.5. The van der Waals surface area contributed by atoms with Gasteiger partial charge in [0.2, 0.25) is 0 Å². The fourth-order valence-corrected chi connectivity index (χ4v) is 7.20. The minimum atomic E-state index is -0.770. The molecule has 3 fully saturated rings. The van der Waals surface area contributed by atoms with Crippen molar-refractivity contribution in [1.82, 2.24) is 4.90 Å². The van der Waals surface area contributed by atoms with Gasteiger partial charge in [0.25, 0.3) is 0 Å². The van der Waals surface area contributed by atoms with Crippen molar-refractivity contribution in [3.8, 4) is 11.5 Å². The van der Waals surface area contributed by atoms with E-state index in [0.29, 0.717) is 44.2 Å². The molecule has 11 heteroatoms. The van der Waals surface area contributed by atoms with Crippen molar-refractivity contribution in [3.05, 3.63) is 117 Å². The van der Waals surface area contributed by atoms with Crippen LogP contribution in [0.5, 0.6) is 11.5 Å². The number of nitrogens with zero attached hydrogens (tertiary/aromatic N) is 2. The van der Waals surface area contributed by atoms with E-state index in [1.165, 1.54) is 0 Å². The van der Waals surface area contributed by atoms with Crippen molar-refractivity contribution in [2.24, 2.45) is 5.92 Å². The third-order valence-corrected chi connectivity index (χ3v) is 10.1. The molecule has 7 rings (SSSR count). The number of carbonyl (C=O) groups is 2. The molecule has 2 bridgehead atoms. The maximum absolute atomic E-state index is 13.8. The number of H-pyrrole nitrogens is 1. The number of aryl methyl sites for hydroxylation is 1. The van der Waals surface area contributed by atoms with Crippen LogP contribution in [0.25, 0.3) is 0 Å². The summed E-state index contributed by atoms with van der Waals surface area (Å²) >= 11 is 13.0. The molecule has 2 atom stereocenters. The molecule has 0 unspecified atom stereocenters. The molecule has 4 heterocycles. The molecule has 256 valence electrons. The van der Waals surface area contributed by atoms with Crippen LogP contribution in [0.4, 0.5) is 10.5 Å². The van der Waals surface area contributed by atoms with Gasteiger partial charge in [-0.1, -0.05) is 59.6 Å². The van der Waals surface area contributed by atoms with E-state index in [1.807, 2.05) is 43.3 Å². The Hall–Kier alpha value is -4.31. The molecular weight excluding hydrogens is 665 g/mol. The summed E-state index contributed by atoms with van der Waals surface area (Å²) in [6.45, 7) is 5.05. The zero-order valence-corrected chi connectivity index (χ0v) is 29.3. The molecule has 3 saturated heterocycles. The summed E-state index contributed by atoms with van der Waals surface area (Å²) in [6, 6.07) is 20.2. The second-order valence-corrected chi connectivity index (χ2v) is 13.3. The first-order chi connectivity index (χ1) is 23.7. The fraction of sp³-hybridized carbons (Fsp3) is 0.342. The number of para-hydroxylation sites is 1. The number of amides is 1. The van der Waals surface area contributed by atoms with E-state index in [9.17, 15) is 9.59 Å². The van der Waals surface area contributed by atoms with Crippen LogP contribution in [0.3, 0.4) is 0 Å². The second-order valence-electron chi connectivity index (χ2n) is 12.5. The molecule has 1 aromatic heterocycles. The van der Waals surface area contributed by atoms with Gasteiger partial charge in [-0.05, 0) is 85.8 Å². The largest absolute Gasteiger partial charge is 0.493 e. The lowest BCUT2D eigenvalue weighted by Gasteiger charge is -2.44. The number of esters is 1. The van der Waals surface area contributed by atoms with Crippen LogP contribution in [-0.2, 0) is 22.4 Å². The van der Waals surface area contributed by atoms with Crippen molar-refractivity contribution < 1.29 is 33.5 Å². The van der Waals surface area contributed by atoms with Gasteiger partial charge in [-0.15, -0.1) is 0 Å². The third-order valence-electron chi connectivity index (χ3n) is 9.39. The minimum absolute atomic E-state index is 0.138. The molecule has 49 heavy (non-hydrogen) atoms. The smallest absolute Gasteiger partial charge is 0.414 e. The topological polar surface area (TPSA) is 91.7 Å². The summed E-state index contributed by atoms with van der Waals surface area (Å²) < 4.78 is 23.3. The van der Waals surface area contributed by atoms with E-state index in [1.54, 1.807) is 61.8 Å². The summed E-state index contributed by atoms with van der Waals surface area (Å²) in [5.74, 6) is 0.861. The van der Waals surface area contributed by atoms with Crippen LogP contribution >= 0.6 is 23.2 Å². The van der Waals surface area contributed by atoms with Crippen molar-refractivity contribution in [2.45, 2.75) is 44.9 Å². The van der Waals surface area contributed by atoms with E-state index >= 15 is 0 Å². The van der Waals surface area contributed by atoms with Crippen molar-refractivity contribution in [3.63, 3.8) is 0 Å². The Morgan fingerprint density at radius 1 is 0.939 bits per heavy atom. The lowest BCUT2D eigenvalue weighted by Crippen LogP contribution is -2.53. The molecule has 3 aromatic carbocycles. The van der Waals surface area contributed by atoms with Gasteiger partial charge >= 0.3 is 12.1 Å². The van der Waals surface area contributed by atoms with Crippen LogP contribution < -0.4 is 19.4 Å². The Morgan fingerprint density at radius 2 is 1.67 bits per heavy atom. The number of pyridine rings is 1. The van der Waals surface area contributed by atoms with E-state index < -0.39 is 18.2 Å². The Bertz CT molecular complexity index is 1790. The lowest BCUT2D eigenvalue weighted by atomic mass is 9.86. The van der Waals surface area contributed by atoms with Gasteiger partial charge in [0.15, 0.2) is 23.9 Å². The monoisotopic (exact) mass is 704 g/mol.